The molecule has 3 N–H and O–H groups in total. The maximum Gasteiger partial charge on any atom is 0.424 e. The maximum atomic E-state index is 14.5. The predicted octanol–water partition coefficient (Wildman–Crippen LogP) is 3.76. The number of carbonyl (C=O) groups is 1. The molecule has 0 fully saturated rings. The smallest absolute Gasteiger partial charge is 0.424 e. The molecule has 2 aromatic rings. The molecule has 0 aromatic carbocycles. The topological polar surface area (TPSA) is 121 Å². The van der Waals surface area contributed by atoms with Gasteiger partial charge in [-0.05, 0) is 39.0 Å². The minimum Gasteiger partial charge on any atom is -0.461 e. The zero-order valence-corrected chi connectivity index (χ0v) is 18.2. The monoisotopic (exact) mass is 489 g/mol. The molecule has 0 saturated carbocycles. The second-order valence-electron chi connectivity index (χ2n) is 7.68. The van der Waals surface area contributed by atoms with Crippen LogP contribution in [0.1, 0.15) is 25.1 Å². The van der Waals surface area contributed by atoms with Gasteiger partial charge in [-0.3, -0.25) is 10.3 Å². The van der Waals surface area contributed by atoms with E-state index in [4.69, 9.17) is 15.2 Å². The van der Waals surface area contributed by atoms with Crippen molar-refractivity contribution >= 4 is 17.7 Å². The van der Waals surface area contributed by atoms with Crippen LogP contribution in [-0.4, -0.2) is 47.1 Å². The Morgan fingerprint density at radius 3 is 2.62 bits per heavy atom. The normalized spacial score (nSPS) is 22.6. The van der Waals surface area contributed by atoms with E-state index in [1.165, 1.54) is 19.9 Å². The third kappa shape index (κ3) is 4.85. The van der Waals surface area contributed by atoms with Gasteiger partial charge < -0.3 is 19.9 Å². The highest BCUT2D eigenvalue weighted by Crippen LogP contribution is 2.41. The molecule has 2 aromatic heterocycles. The van der Waals surface area contributed by atoms with E-state index in [-0.39, 0.29) is 17.4 Å². The van der Waals surface area contributed by atoms with Gasteiger partial charge in [0, 0.05) is 5.56 Å². The summed E-state index contributed by atoms with van der Waals surface area (Å²) in [5, 5.41) is 2.26. The number of amides is 1. The van der Waals surface area contributed by atoms with E-state index in [1.54, 1.807) is 0 Å². The average molecular weight is 489 g/mol. The zero-order valence-electron chi connectivity index (χ0n) is 18.2. The van der Waals surface area contributed by atoms with Gasteiger partial charge in [-0.2, -0.15) is 13.2 Å². The first-order valence-corrected chi connectivity index (χ1v) is 9.67. The van der Waals surface area contributed by atoms with E-state index in [2.05, 4.69) is 25.0 Å². The van der Waals surface area contributed by atoms with Crippen molar-refractivity contribution < 1.29 is 41.0 Å². The predicted molar refractivity (Wildman–Crippen MR) is 109 cm³/mol. The van der Waals surface area contributed by atoms with Crippen LogP contribution in [0.5, 0.6) is 11.6 Å². The Kier molecular flexibility index (Phi) is 6.64. The lowest BCUT2D eigenvalue weighted by atomic mass is 9.93. The second-order valence-corrected chi connectivity index (χ2v) is 7.68. The van der Waals surface area contributed by atoms with Crippen LogP contribution < -0.4 is 20.5 Å². The number of alkyl halides is 4. The number of carbonyl (C=O) groups excluding carboxylic acids is 1. The second kappa shape index (κ2) is 9.00. The summed E-state index contributed by atoms with van der Waals surface area (Å²) in [5.41, 5.74) is 0.957. The number of anilines is 1. The SMILES string of the molecule is Cc1cc(OCF)cnc1OC(=O)Nc1ccc(F)c(C2(C)COC(C)(C(F)(F)F)C(N)=N2)n1. The Morgan fingerprint density at radius 2 is 2.03 bits per heavy atom. The Bertz CT molecular complexity index is 1130. The summed E-state index contributed by atoms with van der Waals surface area (Å²) in [6.45, 7) is 1.80. The van der Waals surface area contributed by atoms with Crippen LogP contribution in [0, 0.1) is 12.7 Å². The van der Waals surface area contributed by atoms with Gasteiger partial charge in [0.1, 0.15) is 34.5 Å². The van der Waals surface area contributed by atoms with Crippen molar-refractivity contribution in [1.82, 2.24) is 9.97 Å². The van der Waals surface area contributed by atoms with Crippen LogP contribution in [-0.2, 0) is 10.3 Å². The minimum absolute atomic E-state index is 0.109. The van der Waals surface area contributed by atoms with Gasteiger partial charge in [0.2, 0.25) is 18.3 Å². The number of ether oxygens (including phenoxy) is 3. The minimum atomic E-state index is -4.84. The fourth-order valence-electron chi connectivity index (χ4n) is 3.00. The number of nitrogens with one attached hydrogen (secondary N) is 1. The van der Waals surface area contributed by atoms with E-state index in [9.17, 15) is 26.7 Å². The van der Waals surface area contributed by atoms with Crippen molar-refractivity contribution in [3.05, 3.63) is 41.5 Å². The van der Waals surface area contributed by atoms with Gasteiger partial charge in [0.05, 0.1) is 12.8 Å². The van der Waals surface area contributed by atoms with Crippen molar-refractivity contribution in [2.75, 3.05) is 18.8 Å². The number of nitrogens with zero attached hydrogens (tertiary/aromatic N) is 3. The van der Waals surface area contributed by atoms with E-state index in [0.29, 0.717) is 5.56 Å². The van der Waals surface area contributed by atoms with E-state index >= 15 is 0 Å². The highest BCUT2D eigenvalue weighted by molar-refractivity contribution is 5.90. The highest BCUT2D eigenvalue weighted by Gasteiger charge is 2.59. The maximum absolute atomic E-state index is 14.5. The van der Waals surface area contributed by atoms with Crippen molar-refractivity contribution in [3.8, 4) is 11.6 Å². The van der Waals surface area contributed by atoms with E-state index < -0.39 is 54.2 Å². The van der Waals surface area contributed by atoms with Crippen molar-refractivity contribution in [1.29, 1.82) is 0 Å². The zero-order chi connectivity index (χ0) is 25.3. The fraction of sp³-hybridized carbons (Fsp3) is 0.400. The fourth-order valence-corrected chi connectivity index (χ4v) is 3.00. The lowest BCUT2D eigenvalue weighted by molar-refractivity contribution is -0.249. The summed E-state index contributed by atoms with van der Waals surface area (Å²) in [6.07, 6.45) is -4.74. The Balaban J connectivity index is 1.81. The first kappa shape index (κ1) is 25.1. The van der Waals surface area contributed by atoms with Crippen molar-refractivity contribution in [3.63, 3.8) is 0 Å². The van der Waals surface area contributed by atoms with Crippen LogP contribution in [0.25, 0.3) is 0 Å². The number of amidine groups is 1. The number of pyridine rings is 2. The van der Waals surface area contributed by atoms with Crippen LogP contribution >= 0.6 is 0 Å². The molecule has 1 amide bonds. The van der Waals surface area contributed by atoms with Gasteiger partial charge in [-0.25, -0.2) is 23.5 Å². The molecule has 2 unspecified atom stereocenters. The third-order valence-corrected chi connectivity index (χ3v) is 5.04. The Labute approximate surface area is 190 Å². The first-order chi connectivity index (χ1) is 15.8. The lowest BCUT2D eigenvalue weighted by Crippen LogP contribution is -2.60. The van der Waals surface area contributed by atoms with Gasteiger partial charge in [0.15, 0.2) is 0 Å². The summed E-state index contributed by atoms with van der Waals surface area (Å²) in [6, 6.07) is 3.45. The van der Waals surface area contributed by atoms with E-state index in [1.807, 2.05) is 0 Å². The highest BCUT2D eigenvalue weighted by atomic mass is 19.4. The molecule has 0 spiro atoms. The lowest BCUT2D eigenvalue weighted by Gasteiger charge is -2.40. The molecule has 1 aliphatic heterocycles. The summed E-state index contributed by atoms with van der Waals surface area (Å²) in [4.78, 5) is 23.9. The number of aryl methyl sites for hydroxylation is 1. The molecular formula is C20H20F5N5O4. The number of rotatable bonds is 5. The van der Waals surface area contributed by atoms with E-state index in [0.717, 1.165) is 25.3 Å². The Morgan fingerprint density at radius 1 is 1.32 bits per heavy atom. The molecule has 14 heteroatoms. The number of nitrogens with two attached hydrogens (primary N) is 1. The summed E-state index contributed by atoms with van der Waals surface area (Å²) >= 11 is 0. The summed E-state index contributed by atoms with van der Waals surface area (Å²) < 4.78 is 81.4. The molecule has 3 heterocycles. The molecule has 0 aliphatic carbocycles. The molecule has 3 rings (SSSR count). The van der Waals surface area contributed by atoms with Crippen molar-refractivity contribution in [2.45, 2.75) is 38.1 Å². The van der Waals surface area contributed by atoms with Gasteiger partial charge in [0.25, 0.3) is 0 Å². The number of aromatic nitrogens is 2. The number of hydrogen-bond donors (Lipinski definition) is 2. The molecule has 9 nitrogen and oxygen atoms in total. The molecule has 1 aliphatic rings. The van der Waals surface area contributed by atoms with Crippen LogP contribution in [0.15, 0.2) is 29.4 Å². The molecule has 0 radical (unpaired) electrons. The number of aliphatic imine (C=N–C) groups is 1. The largest absolute Gasteiger partial charge is 0.461 e. The number of hydrogen-bond acceptors (Lipinski definition) is 8. The van der Waals surface area contributed by atoms with Crippen LogP contribution in [0.4, 0.5) is 32.6 Å². The van der Waals surface area contributed by atoms with Crippen LogP contribution in [0.2, 0.25) is 0 Å². The average Bonchev–Trinajstić information content (AvgIpc) is 2.74. The third-order valence-electron chi connectivity index (χ3n) is 5.04. The molecule has 34 heavy (non-hydrogen) atoms. The standard InChI is InChI=1S/C20H20F5N5O4/c1-10-6-11(32-9-21)7-27-15(10)34-17(31)29-13-5-4-12(22)14(28-13)18(2)8-33-19(3,16(26)30-18)20(23,24)25/h4-7H,8-9H2,1-3H3,(H2,26,30)(H,28,29,31). The van der Waals surface area contributed by atoms with Gasteiger partial charge in [-0.1, -0.05) is 0 Å². The Hall–Kier alpha value is -3.55. The molecular weight excluding hydrogens is 469 g/mol. The number of halogens is 5. The van der Waals surface area contributed by atoms with Gasteiger partial charge in [-0.15, -0.1) is 0 Å². The molecule has 2 atom stereocenters. The molecule has 184 valence electrons. The van der Waals surface area contributed by atoms with Gasteiger partial charge >= 0.3 is 12.3 Å². The molecule has 0 saturated heterocycles. The summed E-state index contributed by atoms with van der Waals surface area (Å²) in [5.74, 6) is -1.97. The summed E-state index contributed by atoms with van der Waals surface area (Å²) in [7, 11) is 0. The quantitative estimate of drug-likeness (QED) is 0.614. The van der Waals surface area contributed by atoms with Crippen LogP contribution in [0.3, 0.4) is 0 Å². The molecule has 0 bridgehead atoms. The van der Waals surface area contributed by atoms with Crippen molar-refractivity contribution in [2.24, 2.45) is 10.7 Å². The first-order valence-electron chi connectivity index (χ1n) is 9.67.